The van der Waals surface area contributed by atoms with Gasteiger partial charge < -0.3 is 14.9 Å². The fraction of sp³-hybridized carbons (Fsp3) is 0.118. The zero-order chi connectivity index (χ0) is 31.5. The highest BCUT2D eigenvalue weighted by atomic mass is 35.5. The number of ketones is 1. The van der Waals surface area contributed by atoms with E-state index in [1.165, 1.54) is 28.8 Å². The van der Waals surface area contributed by atoms with Crippen LogP contribution in [-0.2, 0) is 21.9 Å². The van der Waals surface area contributed by atoms with Gasteiger partial charge in [0.1, 0.15) is 23.9 Å². The first-order valence-electron chi connectivity index (χ1n) is 13.9. The molecule has 1 aliphatic rings. The van der Waals surface area contributed by atoms with Crippen LogP contribution in [0.3, 0.4) is 0 Å². The topological polar surface area (TPSA) is 113 Å². The molecule has 8 nitrogen and oxygen atoms in total. The molecular formula is C34H26ClN3O5S2. The molecule has 0 aliphatic carbocycles. The number of ether oxygens (including phenoxy) is 1. The van der Waals surface area contributed by atoms with Gasteiger partial charge in [-0.2, -0.15) is 0 Å². The number of aromatic hydroxyl groups is 1. The van der Waals surface area contributed by atoms with E-state index in [2.05, 4.69) is 10.2 Å². The normalized spacial score (nSPS) is 15.9. The Balaban J connectivity index is 1.31. The van der Waals surface area contributed by atoms with Crippen molar-refractivity contribution in [2.75, 3.05) is 4.90 Å². The van der Waals surface area contributed by atoms with Gasteiger partial charge in [-0.05, 0) is 71.6 Å². The third kappa shape index (κ3) is 6.44. The fourth-order valence-electron chi connectivity index (χ4n) is 4.95. The molecule has 0 radical (unpaired) electrons. The van der Waals surface area contributed by atoms with Gasteiger partial charge in [0, 0.05) is 16.3 Å². The fourth-order valence-corrected chi connectivity index (χ4v) is 7.10. The lowest BCUT2D eigenvalue weighted by Crippen LogP contribution is -2.29. The van der Waals surface area contributed by atoms with Crippen molar-refractivity contribution in [2.24, 2.45) is 0 Å². The number of phenolic OH excluding ortho intramolecular Hbond substituents is 1. The molecule has 11 heteroatoms. The predicted octanol–water partition coefficient (Wildman–Crippen LogP) is 7.70. The van der Waals surface area contributed by atoms with E-state index in [1.54, 1.807) is 36.4 Å². The zero-order valence-corrected chi connectivity index (χ0v) is 26.3. The van der Waals surface area contributed by atoms with E-state index in [9.17, 15) is 19.8 Å². The summed E-state index contributed by atoms with van der Waals surface area (Å²) in [4.78, 5) is 28.3. The number of carbonyl (C=O) groups is 2. The second-order valence-corrected chi connectivity index (χ2v) is 12.8. The summed E-state index contributed by atoms with van der Waals surface area (Å²) in [6.45, 7) is 2.39. The number of amides is 1. The minimum absolute atomic E-state index is 0.0542. The van der Waals surface area contributed by atoms with Crippen LogP contribution in [-0.4, -0.2) is 32.1 Å². The molecule has 5 aromatic rings. The second kappa shape index (κ2) is 13.2. The third-order valence-corrected chi connectivity index (χ3v) is 9.80. The Hall–Kier alpha value is -4.64. The number of aliphatic hydroxyl groups excluding tert-OH is 1. The Kier molecular flexibility index (Phi) is 8.88. The average Bonchev–Trinajstić information content (AvgIpc) is 3.62. The zero-order valence-electron chi connectivity index (χ0n) is 23.9. The summed E-state index contributed by atoms with van der Waals surface area (Å²) in [5.74, 6) is -1.03. The summed E-state index contributed by atoms with van der Waals surface area (Å²) in [5.41, 5.74) is 3.72. The second-order valence-electron chi connectivity index (χ2n) is 10.2. The molecule has 6 rings (SSSR count). The smallest absolute Gasteiger partial charge is 0.301 e. The van der Waals surface area contributed by atoms with Crippen molar-refractivity contribution in [1.29, 1.82) is 0 Å². The van der Waals surface area contributed by atoms with Crippen molar-refractivity contribution in [3.05, 3.63) is 135 Å². The van der Waals surface area contributed by atoms with E-state index in [4.69, 9.17) is 16.3 Å². The van der Waals surface area contributed by atoms with Gasteiger partial charge in [0.2, 0.25) is 5.13 Å². The van der Waals surface area contributed by atoms with E-state index in [0.717, 1.165) is 28.0 Å². The van der Waals surface area contributed by atoms with E-state index in [-0.39, 0.29) is 22.2 Å². The van der Waals surface area contributed by atoms with Crippen molar-refractivity contribution in [2.45, 2.75) is 29.7 Å². The number of rotatable bonds is 9. The summed E-state index contributed by atoms with van der Waals surface area (Å²) < 4.78 is 6.50. The number of hydrogen-bond donors (Lipinski definition) is 2. The summed E-state index contributed by atoms with van der Waals surface area (Å²) in [6, 6.07) is 27.2. The maximum atomic E-state index is 13.5. The van der Waals surface area contributed by atoms with Gasteiger partial charge in [0.05, 0.1) is 11.6 Å². The number of benzene rings is 4. The maximum absolute atomic E-state index is 13.5. The van der Waals surface area contributed by atoms with Gasteiger partial charge in [-0.25, -0.2) is 0 Å². The first kappa shape index (κ1) is 30.4. The number of anilines is 1. The van der Waals surface area contributed by atoms with Gasteiger partial charge in [-0.3, -0.25) is 14.5 Å². The quantitative estimate of drug-likeness (QED) is 0.0546. The van der Waals surface area contributed by atoms with Crippen LogP contribution in [0.5, 0.6) is 11.5 Å². The molecule has 1 amide bonds. The first-order valence-corrected chi connectivity index (χ1v) is 16.1. The number of phenols is 1. The van der Waals surface area contributed by atoms with Gasteiger partial charge in [0.25, 0.3) is 5.78 Å². The van der Waals surface area contributed by atoms with Gasteiger partial charge in [0.15, 0.2) is 4.34 Å². The van der Waals surface area contributed by atoms with Crippen molar-refractivity contribution in [3.63, 3.8) is 0 Å². The molecule has 4 aromatic carbocycles. The summed E-state index contributed by atoms with van der Waals surface area (Å²) in [7, 11) is 0. The molecule has 2 heterocycles. The van der Waals surface area contributed by atoms with Crippen molar-refractivity contribution in [1.82, 2.24) is 10.2 Å². The lowest BCUT2D eigenvalue weighted by molar-refractivity contribution is -0.132. The third-order valence-electron chi connectivity index (χ3n) is 7.32. The van der Waals surface area contributed by atoms with Crippen LogP contribution in [0.4, 0.5) is 5.13 Å². The summed E-state index contributed by atoms with van der Waals surface area (Å²) in [5, 5.41) is 31.0. The van der Waals surface area contributed by atoms with Gasteiger partial charge in [-0.15, -0.1) is 10.2 Å². The SMILES string of the molecule is Cc1ccccc1COc1ccc(C(O)=C2C(=O)C(=O)N(c3nnc(SCc4ccccc4Cl)s3)C2c2cccc(O)c2)cc1. The molecule has 1 atom stereocenters. The van der Waals surface area contributed by atoms with Crippen molar-refractivity contribution < 1.29 is 24.5 Å². The minimum atomic E-state index is -1.05. The van der Waals surface area contributed by atoms with Crippen LogP contribution in [0, 0.1) is 6.92 Å². The molecule has 1 aromatic heterocycles. The lowest BCUT2D eigenvalue weighted by atomic mass is 9.95. The molecular weight excluding hydrogens is 630 g/mol. The van der Waals surface area contributed by atoms with Crippen LogP contribution in [0.15, 0.2) is 107 Å². The minimum Gasteiger partial charge on any atom is -0.508 e. The van der Waals surface area contributed by atoms with E-state index < -0.39 is 17.7 Å². The molecule has 1 fully saturated rings. The molecule has 226 valence electrons. The molecule has 0 spiro atoms. The largest absolute Gasteiger partial charge is 0.508 e. The Morgan fingerprint density at radius 3 is 2.42 bits per heavy atom. The lowest BCUT2D eigenvalue weighted by Gasteiger charge is -2.22. The van der Waals surface area contributed by atoms with Crippen LogP contribution >= 0.6 is 34.7 Å². The van der Waals surface area contributed by atoms with Crippen molar-refractivity contribution >= 4 is 57.3 Å². The monoisotopic (exact) mass is 655 g/mol. The number of thioether (sulfide) groups is 1. The summed E-state index contributed by atoms with van der Waals surface area (Å²) >= 11 is 8.84. The van der Waals surface area contributed by atoms with E-state index in [1.807, 2.05) is 55.5 Å². The average molecular weight is 656 g/mol. The van der Waals surface area contributed by atoms with Crippen LogP contribution in [0.25, 0.3) is 5.76 Å². The Morgan fingerprint density at radius 2 is 1.69 bits per heavy atom. The Bertz CT molecular complexity index is 1930. The number of halogens is 1. The summed E-state index contributed by atoms with van der Waals surface area (Å²) in [6.07, 6.45) is 0. The van der Waals surface area contributed by atoms with Gasteiger partial charge in [-0.1, -0.05) is 89.3 Å². The van der Waals surface area contributed by atoms with Crippen LogP contribution < -0.4 is 9.64 Å². The number of carbonyl (C=O) groups excluding carboxylic acids is 2. The van der Waals surface area contributed by atoms with Gasteiger partial charge >= 0.3 is 5.91 Å². The molecule has 1 aliphatic heterocycles. The Morgan fingerprint density at radius 1 is 0.956 bits per heavy atom. The van der Waals surface area contributed by atoms with Crippen LogP contribution in [0.1, 0.15) is 33.9 Å². The molecule has 1 saturated heterocycles. The van der Waals surface area contributed by atoms with E-state index in [0.29, 0.717) is 38.6 Å². The maximum Gasteiger partial charge on any atom is 0.301 e. The number of Topliss-reactive ketones (excluding diaryl/α,β-unsaturated/α-hetero) is 1. The number of aromatic nitrogens is 2. The van der Waals surface area contributed by atoms with Crippen LogP contribution in [0.2, 0.25) is 5.02 Å². The number of aryl methyl sites for hydroxylation is 1. The molecule has 0 bridgehead atoms. The van der Waals surface area contributed by atoms with Crippen molar-refractivity contribution in [3.8, 4) is 11.5 Å². The molecule has 45 heavy (non-hydrogen) atoms. The first-order chi connectivity index (χ1) is 21.8. The Labute approximate surface area is 272 Å². The molecule has 1 unspecified atom stereocenters. The van der Waals surface area contributed by atoms with E-state index >= 15 is 0 Å². The highest BCUT2D eigenvalue weighted by molar-refractivity contribution is 8.00. The molecule has 2 N–H and O–H groups in total. The predicted molar refractivity (Wildman–Crippen MR) is 176 cm³/mol. The standard InChI is InChI=1S/C34H26ClN3O5S2/c1-20-7-2-3-8-23(20)18-43-26-15-13-21(14-16-26)30(40)28-29(22-10-6-11-25(39)17-22)38(32(42)31(28)41)33-36-37-34(45-33)44-19-24-9-4-5-12-27(24)35/h2-17,29,39-40H,18-19H2,1H3. The highest BCUT2D eigenvalue weighted by Crippen LogP contribution is 2.44. The number of aliphatic hydroxyl groups is 1. The number of hydrogen-bond acceptors (Lipinski definition) is 9. The highest BCUT2D eigenvalue weighted by Gasteiger charge is 2.48. The number of nitrogens with zero attached hydrogens (tertiary/aromatic N) is 3. The molecule has 0 saturated carbocycles.